The third-order valence-corrected chi connectivity index (χ3v) is 6.87. The number of carbonyl (C=O) groups excluding carboxylic acids is 1. The number of rotatable bonds is 4. The summed E-state index contributed by atoms with van der Waals surface area (Å²) in [7, 11) is 0. The number of piperazine rings is 1. The zero-order valence-corrected chi connectivity index (χ0v) is 19.8. The summed E-state index contributed by atoms with van der Waals surface area (Å²) in [5.41, 5.74) is 0.532. The third-order valence-electron chi connectivity index (χ3n) is 6.50. The van der Waals surface area contributed by atoms with Crippen LogP contribution in [0.15, 0.2) is 55.5 Å². The number of nitrogens with zero attached hydrogens (tertiary/aromatic N) is 5. The van der Waals surface area contributed by atoms with Gasteiger partial charge in [-0.2, -0.15) is 0 Å². The minimum absolute atomic E-state index is 0.0240. The van der Waals surface area contributed by atoms with Crippen molar-refractivity contribution in [3.63, 3.8) is 0 Å². The molecule has 35 heavy (non-hydrogen) atoms. The molecule has 2 aromatic heterocycles. The highest BCUT2D eigenvalue weighted by atomic mass is 35.5. The van der Waals surface area contributed by atoms with Crippen LogP contribution in [0.2, 0.25) is 5.02 Å². The molecule has 1 atom stereocenters. The molecule has 1 aliphatic rings. The Bertz CT molecular complexity index is 1480. The monoisotopic (exact) mass is 493 g/mol. The lowest BCUT2D eigenvalue weighted by Gasteiger charge is -2.41. The molecule has 0 bridgehead atoms. The summed E-state index contributed by atoms with van der Waals surface area (Å²) in [4.78, 5) is 29.1. The first-order chi connectivity index (χ1) is 16.9. The first kappa shape index (κ1) is 23.1. The van der Waals surface area contributed by atoms with Gasteiger partial charge in [0, 0.05) is 42.8 Å². The fraction of sp³-hybridized carbons (Fsp3) is 0.231. The van der Waals surface area contributed by atoms with Gasteiger partial charge in [-0.15, -0.1) is 0 Å². The van der Waals surface area contributed by atoms with E-state index in [1.165, 1.54) is 24.7 Å². The normalized spacial score (nSPS) is 16.2. The second kappa shape index (κ2) is 9.19. The molecule has 4 aromatic rings. The van der Waals surface area contributed by atoms with Crippen LogP contribution >= 0.6 is 11.6 Å². The van der Waals surface area contributed by atoms with Gasteiger partial charge in [0.25, 0.3) is 0 Å². The van der Waals surface area contributed by atoms with Crippen LogP contribution in [-0.2, 0) is 4.79 Å². The van der Waals surface area contributed by atoms with Gasteiger partial charge in [-0.3, -0.25) is 9.78 Å². The summed E-state index contributed by atoms with van der Waals surface area (Å²) in [6.07, 6.45) is 4.94. The van der Waals surface area contributed by atoms with Gasteiger partial charge in [0.2, 0.25) is 5.91 Å². The van der Waals surface area contributed by atoms with Crippen LogP contribution < -0.4 is 4.90 Å². The molecule has 1 aliphatic heterocycles. The predicted molar refractivity (Wildman–Crippen MR) is 133 cm³/mol. The lowest BCUT2D eigenvalue weighted by atomic mass is 10.0. The number of carbonyl (C=O) groups is 1. The molecular formula is C26H22ClF2N5O. The molecule has 2 aromatic carbocycles. The van der Waals surface area contributed by atoms with Crippen molar-refractivity contribution in [3.8, 4) is 11.3 Å². The first-order valence-electron chi connectivity index (χ1n) is 11.3. The molecule has 6 nitrogen and oxygen atoms in total. The molecule has 1 amide bonds. The van der Waals surface area contributed by atoms with Crippen LogP contribution in [0.4, 0.5) is 14.6 Å². The van der Waals surface area contributed by atoms with Crippen molar-refractivity contribution in [2.75, 3.05) is 24.5 Å². The molecule has 0 saturated carbocycles. The maximum atomic E-state index is 15.8. The van der Waals surface area contributed by atoms with Gasteiger partial charge in [-0.05, 0) is 23.9 Å². The zero-order valence-electron chi connectivity index (χ0n) is 19.0. The maximum Gasteiger partial charge on any atom is 0.246 e. The summed E-state index contributed by atoms with van der Waals surface area (Å²) in [6, 6.07) is 8.05. The number of fused-ring (bicyclic) bond motifs is 2. The average Bonchev–Trinajstić information content (AvgIpc) is 2.89. The van der Waals surface area contributed by atoms with Gasteiger partial charge in [-0.1, -0.05) is 49.4 Å². The standard InChI is InChI=1S/C26H22ClF2N5O/c1-3-16-13-33(10-11-34(16)20(35)4-2)26-18-12-30-24(23(29)25(18)31-14-32-26)17-7-5-6-15-8-9-19(28)22(27)21(15)17/h4-9,12,14,16H,2-3,10-11,13H2,1H3/t16-/m0/s1. The van der Waals surface area contributed by atoms with Crippen LogP contribution in [0.5, 0.6) is 0 Å². The van der Waals surface area contributed by atoms with E-state index in [1.54, 1.807) is 29.2 Å². The topological polar surface area (TPSA) is 62.2 Å². The lowest BCUT2D eigenvalue weighted by Crippen LogP contribution is -2.55. The van der Waals surface area contributed by atoms with Crippen LogP contribution in [0.3, 0.4) is 0 Å². The Morgan fingerprint density at radius 2 is 2.03 bits per heavy atom. The zero-order chi connectivity index (χ0) is 24.7. The molecular weight excluding hydrogens is 472 g/mol. The highest BCUT2D eigenvalue weighted by molar-refractivity contribution is 6.36. The molecule has 5 rings (SSSR count). The van der Waals surface area contributed by atoms with Crippen molar-refractivity contribution in [2.24, 2.45) is 0 Å². The summed E-state index contributed by atoms with van der Waals surface area (Å²) in [5.74, 6) is -0.769. The molecule has 1 fully saturated rings. The number of pyridine rings is 1. The smallest absolute Gasteiger partial charge is 0.246 e. The summed E-state index contributed by atoms with van der Waals surface area (Å²) < 4.78 is 30.1. The summed E-state index contributed by atoms with van der Waals surface area (Å²) in [5, 5.41) is 1.45. The van der Waals surface area contributed by atoms with E-state index >= 15 is 4.39 Å². The van der Waals surface area contributed by atoms with E-state index in [0.29, 0.717) is 47.2 Å². The Labute approximate surface area is 205 Å². The molecule has 9 heteroatoms. The molecule has 0 unspecified atom stereocenters. The molecule has 0 N–H and O–H groups in total. The van der Waals surface area contributed by atoms with E-state index in [4.69, 9.17) is 11.6 Å². The van der Waals surface area contributed by atoms with Crippen LogP contribution in [0.1, 0.15) is 13.3 Å². The van der Waals surface area contributed by atoms with Crippen molar-refractivity contribution in [1.29, 1.82) is 0 Å². The van der Waals surface area contributed by atoms with E-state index < -0.39 is 11.6 Å². The van der Waals surface area contributed by atoms with Crippen LogP contribution in [0, 0.1) is 11.6 Å². The van der Waals surface area contributed by atoms with Crippen molar-refractivity contribution in [3.05, 3.63) is 72.2 Å². The number of hydrogen-bond donors (Lipinski definition) is 0. The molecule has 0 radical (unpaired) electrons. The van der Waals surface area contributed by atoms with Crippen LogP contribution in [-0.4, -0.2) is 51.4 Å². The number of hydrogen-bond acceptors (Lipinski definition) is 5. The Balaban J connectivity index is 1.59. The summed E-state index contributed by atoms with van der Waals surface area (Å²) >= 11 is 6.26. The second-order valence-electron chi connectivity index (χ2n) is 8.39. The Hall–Kier alpha value is -3.65. The van der Waals surface area contributed by atoms with E-state index in [1.807, 2.05) is 11.8 Å². The van der Waals surface area contributed by atoms with Gasteiger partial charge in [0.1, 0.15) is 29.2 Å². The SMILES string of the molecule is C=CC(=O)N1CCN(c2ncnc3c(F)c(-c4cccc5ccc(F)c(Cl)c45)ncc23)C[C@@H]1CC. The van der Waals surface area contributed by atoms with Gasteiger partial charge >= 0.3 is 0 Å². The minimum atomic E-state index is -0.633. The predicted octanol–water partition coefficient (Wildman–Crippen LogP) is 5.39. The van der Waals surface area contributed by atoms with Crippen molar-refractivity contribution in [1.82, 2.24) is 19.9 Å². The van der Waals surface area contributed by atoms with Gasteiger partial charge < -0.3 is 9.80 Å². The minimum Gasteiger partial charge on any atom is -0.352 e. The quantitative estimate of drug-likeness (QED) is 0.357. The fourth-order valence-electron chi connectivity index (χ4n) is 4.73. The average molecular weight is 494 g/mol. The molecule has 0 spiro atoms. The number of aromatic nitrogens is 3. The van der Waals surface area contributed by atoms with Crippen molar-refractivity contribution < 1.29 is 13.6 Å². The number of halogens is 3. The first-order valence-corrected chi connectivity index (χ1v) is 11.7. The van der Waals surface area contributed by atoms with Gasteiger partial charge in [0.05, 0.1) is 10.4 Å². The highest BCUT2D eigenvalue weighted by Gasteiger charge is 2.30. The number of benzene rings is 2. The Kier molecular flexibility index (Phi) is 6.06. The lowest BCUT2D eigenvalue weighted by molar-refractivity contribution is -0.128. The summed E-state index contributed by atoms with van der Waals surface area (Å²) in [6.45, 7) is 7.19. The molecule has 1 saturated heterocycles. The highest BCUT2D eigenvalue weighted by Crippen LogP contribution is 2.37. The molecule has 3 heterocycles. The number of anilines is 1. The Morgan fingerprint density at radius 3 is 2.80 bits per heavy atom. The van der Waals surface area contributed by atoms with E-state index in [-0.39, 0.29) is 28.2 Å². The largest absolute Gasteiger partial charge is 0.352 e. The van der Waals surface area contributed by atoms with Crippen molar-refractivity contribution >= 4 is 45.0 Å². The molecule has 178 valence electrons. The maximum absolute atomic E-state index is 15.8. The molecule has 0 aliphatic carbocycles. The second-order valence-corrected chi connectivity index (χ2v) is 8.77. The van der Waals surface area contributed by atoms with Gasteiger partial charge in [-0.25, -0.2) is 18.7 Å². The number of amides is 1. The fourth-order valence-corrected chi connectivity index (χ4v) is 5.00. The van der Waals surface area contributed by atoms with Crippen LogP contribution in [0.25, 0.3) is 32.9 Å². The van der Waals surface area contributed by atoms with E-state index in [9.17, 15) is 9.18 Å². The van der Waals surface area contributed by atoms with Crippen molar-refractivity contribution in [2.45, 2.75) is 19.4 Å². The van der Waals surface area contributed by atoms with E-state index in [2.05, 4.69) is 21.5 Å². The van der Waals surface area contributed by atoms with E-state index in [0.717, 1.165) is 6.42 Å². The third kappa shape index (κ3) is 3.87. The Morgan fingerprint density at radius 1 is 1.20 bits per heavy atom. The van der Waals surface area contributed by atoms with Gasteiger partial charge in [0.15, 0.2) is 5.82 Å².